The second-order valence-electron chi connectivity index (χ2n) is 4.80. The maximum absolute atomic E-state index is 12.2. The average Bonchev–Trinajstić information content (AvgIpc) is 2.55. The van der Waals surface area contributed by atoms with Gasteiger partial charge < -0.3 is 15.3 Å². The number of anilines is 1. The Morgan fingerprint density at radius 2 is 1.86 bits per heavy atom. The van der Waals surface area contributed by atoms with Crippen molar-refractivity contribution in [1.29, 1.82) is 0 Å². The number of benzene rings is 2. The molecule has 22 heavy (non-hydrogen) atoms. The lowest BCUT2D eigenvalue weighted by Gasteiger charge is -2.10. The molecule has 0 atom stereocenters. The number of rotatable bonds is 5. The Labute approximate surface area is 129 Å². The van der Waals surface area contributed by atoms with E-state index in [2.05, 4.69) is 10.5 Å². The van der Waals surface area contributed by atoms with E-state index in [-0.39, 0.29) is 12.3 Å². The van der Waals surface area contributed by atoms with Gasteiger partial charge in [-0.2, -0.15) is 0 Å². The number of hydrogen-bond donors (Lipinski definition) is 2. The smallest absolute Gasteiger partial charge is 0.228 e. The summed E-state index contributed by atoms with van der Waals surface area (Å²) in [5.74, 6) is 0.618. The molecular weight excluding hydrogens is 280 g/mol. The molecule has 5 nitrogen and oxygen atoms in total. The van der Waals surface area contributed by atoms with Crippen molar-refractivity contribution < 1.29 is 14.7 Å². The number of amides is 1. The van der Waals surface area contributed by atoms with E-state index in [4.69, 9.17) is 9.94 Å². The quantitative estimate of drug-likeness (QED) is 0.506. The highest BCUT2D eigenvalue weighted by Crippen LogP contribution is 2.17. The summed E-state index contributed by atoms with van der Waals surface area (Å²) < 4.78 is 5.09. The van der Waals surface area contributed by atoms with E-state index in [0.29, 0.717) is 17.0 Å². The van der Waals surface area contributed by atoms with E-state index < -0.39 is 0 Å². The van der Waals surface area contributed by atoms with Crippen LogP contribution in [0.5, 0.6) is 5.75 Å². The van der Waals surface area contributed by atoms with Crippen LogP contribution in [0.2, 0.25) is 0 Å². The summed E-state index contributed by atoms with van der Waals surface area (Å²) in [5, 5.41) is 14.9. The monoisotopic (exact) mass is 298 g/mol. The molecule has 0 heterocycles. The van der Waals surface area contributed by atoms with Gasteiger partial charge in [0.15, 0.2) is 0 Å². The minimum atomic E-state index is -0.136. The number of hydrogen-bond acceptors (Lipinski definition) is 4. The zero-order chi connectivity index (χ0) is 15.9. The summed E-state index contributed by atoms with van der Waals surface area (Å²) in [6.45, 7) is 1.68. The largest absolute Gasteiger partial charge is 0.497 e. The third kappa shape index (κ3) is 3.85. The predicted octanol–water partition coefficient (Wildman–Crippen LogP) is 3.07. The zero-order valence-corrected chi connectivity index (χ0v) is 12.5. The molecule has 0 aromatic heterocycles. The maximum Gasteiger partial charge on any atom is 0.228 e. The van der Waals surface area contributed by atoms with Gasteiger partial charge in [-0.25, -0.2) is 0 Å². The Bertz CT molecular complexity index is 679. The third-order valence-corrected chi connectivity index (χ3v) is 3.26. The van der Waals surface area contributed by atoms with Gasteiger partial charge in [-0.3, -0.25) is 4.79 Å². The molecule has 2 rings (SSSR count). The first-order chi connectivity index (χ1) is 10.6. The highest BCUT2D eigenvalue weighted by molar-refractivity contribution is 6.06. The lowest BCUT2D eigenvalue weighted by atomic mass is 10.1. The Morgan fingerprint density at radius 3 is 2.50 bits per heavy atom. The minimum Gasteiger partial charge on any atom is -0.497 e. The molecule has 0 aliphatic heterocycles. The topological polar surface area (TPSA) is 70.9 Å². The number of carbonyl (C=O) groups is 1. The van der Waals surface area contributed by atoms with Crippen molar-refractivity contribution in [1.82, 2.24) is 0 Å². The molecule has 0 unspecified atom stereocenters. The molecule has 0 saturated carbocycles. The summed E-state index contributed by atoms with van der Waals surface area (Å²) in [6, 6.07) is 14.5. The summed E-state index contributed by atoms with van der Waals surface area (Å²) in [7, 11) is 1.60. The first kappa shape index (κ1) is 15.6. The number of oxime groups is 1. The number of para-hydroxylation sites is 1. The number of ether oxygens (including phenoxy) is 1. The van der Waals surface area contributed by atoms with Gasteiger partial charge in [0.25, 0.3) is 0 Å². The highest BCUT2D eigenvalue weighted by Gasteiger charge is 2.09. The fourth-order valence-electron chi connectivity index (χ4n) is 2.08. The summed E-state index contributed by atoms with van der Waals surface area (Å²) in [4.78, 5) is 12.2. The summed E-state index contributed by atoms with van der Waals surface area (Å²) >= 11 is 0. The molecular formula is C17H18N2O3. The molecule has 2 N–H and O–H groups in total. The standard InChI is InChI=1S/C17H18N2O3/c1-12(19-21)15-5-3-4-6-16(15)18-17(20)11-13-7-9-14(22-2)10-8-13/h3-10,21H,11H2,1-2H3,(H,18,20)/b19-12+. The van der Waals surface area contributed by atoms with E-state index in [1.165, 1.54) is 0 Å². The fourth-order valence-corrected chi connectivity index (χ4v) is 2.08. The van der Waals surface area contributed by atoms with Gasteiger partial charge in [-0.15, -0.1) is 0 Å². The molecule has 5 heteroatoms. The van der Waals surface area contributed by atoms with Crippen LogP contribution in [-0.2, 0) is 11.2 Å². The molecule has 0 radical (unpaired) electrons. The van der Waals surface area contributed by atoms with Crippen LogP contribution in [0, 0.1) is 0 Å². The van der Waals surface area contributed by atoms with Gasteiger partial charge in [0.1, 0.15) is 5.75 Å². The maximum atomic E-state index is 12.2. The van der Waals surface area contributed by atoms with Crippen molar-refractivity contribution in [3.63, 3.8) is 0 Å². The van der Waals surface area contributed by atoms with Gasteiger partial charge in [0, 0.05) is 11.3 Å². The Hall–Kier alpha value is -2.82. The molecule has 0 aliphatic carbocycles. The molecule has 0 spiro atoms. The van der Waals surface area contributed by atoms with Crippen molar-refractivity contribution in [2.75, 3.05) is 12.4 Å². The van der Waals surface area contributed by atoms with E-state index in [9.17, 15) is 4.79 Å². The van der Waals surface area contributed by atoms with Crippen LogP contribution in [0.15, 0.2) is 53.7 Å². The Kier molecular flexibility index (Phi) is 5.14. The number of nitrogens with one attached hydrogen (secondary N) is 1. The molecule has 1 amide bonds. The number of carbonyl (C=O) groups excluding carboxylic acids is 1. The van der Waals surface area contributed by atoms with Crippen molar-refractivity contribution in [2.45, 2.75) is 13.3 Å². The van der Waals surface area contributed by atoms with E-state index in [0.717, 1.165) is 11.3 Å². The predicted molar refractivity (Wildman–Crippen MR) is 85.8 cm³/mol. The van der Waals surface area contributed by atoms with E-state index in [1.54, 1.807) is 26.2 Å². The van der Waals surface area contributed by atoms with Gasteiger partial charge >= 0.3 is 0 Å². The molecule has 0 bridgehead atoms. The van der Waals surface area contributed by atoms with Crippen LogP contribution in [0.4, 0.5) is 5.69 Å². The van der Waals surface area contributed by atoms with Crippen molar-refractivity contribution in [3.8, 4) is 5.75 Å². The normalized spacial score (nSPS) is 11.1. The second-order valence-corrected chi connectivity index (χ2v) is 4.80. The van der Waals surface area contributed by atoms with Crippen LogP contribution in [-0.4, -0.2) is 23.9 Å². The number of methoxy groups -OCH3 is 1. The second kappa shape index (κ2) is 7.26. The van der Waals surface area contributed by atoms with Crippen LogP contribution >= 0.6 is 0 Å². The van der Waals surface area contributed by atoms with Gasteiger partial charge in [-0.05, 0) is 30.7 Å². The number of nitrogens with zero attached hydrogens (tertiary/aromatic N) is 1. The fraction of sp³-hybridized carbons (Fsp3) is 0.176. The van der Waals surface area contributed by atoms with Crippen molar-refractivity contribution in [3.05, 3.63) is 59.7 Å². The van der Waals surface area contributed by atoms with Crippen LogP contribution in [0.25, 0.3) is 0 Å². The summed E-state index contributed by atoms with van der Waals surface area (Å²) in [5.41, 5.74) is 2.65. The Morgan fingerprint density at radius 1 is 1.18 bits per heavy atom. The van der Waals surface area contributed by atoms with Crippen molar-refractivity contribution >= 4 is 17.3 Å². The first-order valence-electron chi connectivity index (χ1n) is 6.85. The van der Waals surface area contributed by atoms with Gasteiger partial charge in [0.2, 0.25) is 5.91 Å². The molecule has 0 saturated heterocycles. The van der Waals surface area contributed by atoms with Gasteiger partial charge in [0.05, 0.1) is 19.2 Å². The highest BCUT2D eigenvalue weighted by atomic mass is 16.5. The minimum absolute atomic E-state index is 0.136. The van der Waals surface area contributed by atoms with Crippen LogP contribution < -0.4 is 10.1 Å². The SMILES string of the molecule is COc1ccc(CC(=O)Nc2ccccc2/C(C)=N/O)cc1. The molecule has 0 aliphatic rings. The van der Waals surface area contributed by atoms with Gasteiger partial charge in [-0.1, -0.05) is 35.5 Å². The Balaban J connectivity index is 2.09. The molecule has 2 aromatic rings. The van der Waals surface area contributed by atoms with Crippen LogP contribution in [0.3, 0.4) is 0 Å². The van der Waals surface area contributed by atoms with E-state index in [1.807, 2.05) is 36.4 Å². The van der Waals surface area contributed by atoms with Crippen LogP contribution in [0.1, 0.15) is 18.1 Å². The molecule has 114 valence electrons. The molecule has 0 fully saturated rings. The first-order valence-corrected chi connectivity index (χ1v) is 6.85. The summed E-state index contributed by atoms with van der Waals surface area (Å²) in [6.07, 6.45) is 0.258. The zero-order valence-electron chi connectivity index (χ0n) is 12.5. The lowest BCUT2D eigenvalue weighted by molar-refractivity contribution is -0.115. The van der Waals surface area contributed by atoms with Crippen molar-refractivity contribution in [2.24, 2.45) is 5.16 Å². The lowest BCUT2D eigenvalue weighted by Crippen LogP contribution is -2.16. The average molecular weight is 298 g/mol. The third-order valence-electron chi connectivity index (χ3n) is 3.26. The molecule has 2 aromatic carbocycles. The van der Waals surface area contributed by atoms with E-state index >= 15 is 0 Å².